The maximum Gasteiger partial charge on any atom is 0.134 e. The third-order valence-corrected chi connectivity index (χ3v) is 3.18. The van der Waals surface area contributed by atoms with Crippen molar-refractivity contribution in [2.75, 3.05) is 36.5 Å². The first-order valence-electron chi connectivity index (χ1n) is 6.69. The number of hydrogen-bond donors (Lipinski definition) is 1. The van der Waals surface area contributed by atoms with Crippen molar-refractivity contribution in [2.24, 2.45) is 0 Å². The fourth-order valence-corrected chi connectivity index (χ4v) is 2.10. The van der Waals surface area contributed by atoms with Gasteiger partial charge in [0, 0.05) is 38.1 Å². The van der Waals surface area contributed by atoms with Crippen molar-refractivity contribution in [1.82, 2.24) is 15.0 Å². The average Bonchev–Trinajstić information content (AvgIpc) is 2.55. The predicted octanol–water partition coefficient (Wildman–Crippen LogP) is 1.32. The Morgan fingerprint density at radius 3 is 2.95 bits per heavy atom. The van der Waals surface area contributed by atoms with Gasteiger partial charge in [-0.3, -0.25) is 4.98 Å². The van der Waals surface area contributed by atoms with Gasteiger partial charge in [-0.1, -0.05) is 6.07 Å². The van der Waals surface area contributed by atoms with Gasteiger partial charge in [0.15, 0.2) is 0 Å². The summed E-state index contributed by atoms with van der Waals surface area (Å²) in [6.07, 6.45) is 5.21. The van der Waals surface area contributed by atoms with Crippen LogP contribution in [0.3, 0.4) is 0 Å². The van der Waals surface area contributed by atoms with Gasteiger partial charge in [-0.25, -0.2) is 9.97 Å². The maximum atomic E-state index is 5.35. The highest BCUT2D eigenvalue weighted by molar-refractivity contribution is 5.48. The zero-order valence-electron chi connectivity index (χ0n) is 11.2. The van der Waals surface area contributed by atoms with E-state index in [4.69, 9.17) is 4.74 Å². The monoisotopic (exact) mass is 271 g/mol. The number of nitrogens with one attached hydrogen (secondary N) is 1. The molecule has 0 spiro atoms. The smallest absolute Gasteiger partial charge is 0.134 e. The molecule has 0 unspecified atom stereocenters. The van der Waals surface area contributed by atoms with E-state index in [0.717, 1.165) is 43.5 Å². The number of morpholine rings is 1. The molecule has 20 heavy (non-hydrogen) atoms. The van der Waals surface area contributed by atoms with Crippen LogP contribution in [0.5, 0.6) is 0 Å². The van der Waals surface area contributed by atoms with Crippen LogP contribution in [0.1, 0.15) is 5.56 Å². The van der Waals surface area contributed by atoms with Gasteiger partial charge >= 0.3 is 0 Å². The number of hydrogen-bond acceptors (Lipinski definition) is 6. The van der Waals surface area contributed by atoms with Gasteiger partial charge in [0.25, 0.3) is 0 Å². The lowest BCUT2D eigenvalue weighted by molar-refractivity contribution is 0.122. The number of aromatic nitrogens is 3. The van der Waals surface area contributed by atoms with Crippen LogP contribution in [0.25, 0.3) is 0 Å². The summed E-state index contributed by atoms with van der Waals surface area (Å²) in [6.45, 7) is 3.95. The topological polar surface area (TPSA) is 63.2 Å². The van der Waals surface area contributed by atoms with Crippen molar-refractivity contribution in [3.63, 3.8) is 0 Å². The average molecular weight is 271 g/mol. The van der Waals surface area contributed by atoms with Gasteiger partial charge in [0.05, 0.1) is 13.2 Å². The van der Waals surface area contributed by atoms with Crippen LogP contribution in [0.2, 0.25) is 0 Å². The number of anilines is 2. The minimum Gasteiger partial charge on any atom is -0.378 e. The molecule has 3 rings (SSSR count). The van der Waals surface area contributed by atoms with Gasteiger partial charge in [-0.2, -0.15) is 0 Å². The number of pyridine rings is 1. The van der Waals surface area contributed by atoms with E-state index in [1.807, 2.05) is 24.4 Å². The second-order valence-corrected chi connectivity index (χ2v) is 4.58. The molecule has 1 saturated heterocycles. The van der Waals surface area contributed by atoms with Gasteiger partial charge in [-0.15, -0.1) is 0 Å². The van der Waals surface area contributed by atoms with E-state index in [-0.39, 0.29) is 0 Å². The van der Waals surface area contributed by atoms with Gasteiger partial charge in [0.2, 0.25) is 0 Å². The molecular formula is C14H17N5O. The Balaban J connectivity index is 1.65. The van der Waals surface area contributed by atoms with Crippen molar-refractivity contribution in [3.8, 4) is 0 Å². The SMILES string of the molecule is c1cncc(CNc2cc(N3CCOCC3)ncn2)c1. The first kappa shape index (κ1) is 12.8. The van der Waals surface area contributed by atoms with Gasteiger partial charge in [0.1, 0.15) is 18.0 Å². The van der Waals surface area contributed by atoms with E-state index in [9.17, 15) is 0 Å². The van der Waals surface area contributed by atoms with Crippen LogP contribution in [-0.4, -0.2) is 41.3 Å². The van der Waals surface area contributed by atoms with E-state index in [1.165, 1.54) is 0 Å². The normalized spacial score (nSPS) is 15.1. The van der Waals surface area contributed by atoms with Gasteiger partial charge < -0.3 is 15.0 Å². The number of nitrogens with zero attached hydrogens (tertiary/aromatic N) is 4. The Bertz CT molecular complexity index is 542. The molecule has 0 bridgehead atoms. The number of ether oxygens (including phenoxy) is 1. The number of rotatable bonds is 4. The summed E-state index contributed by atoms with van der Waals surface area (Å²) >= 11 is 0. The van der Waals surface area contributed by atoms with E-state index in [1.54, 1.807) is 12.5 Å². The third-order valence-electron chi connectivity index (χ3n) is 3.18. The summed E-state index contributed by atoms with van der Waals surface area (Å²) < 4.78 is 5.35. The van der Waals surface area contributed by atoms with Crippen molar-refractivity contribution >= 4 is 11.6 Å². The summed E-state index contributed by atoms with van der Waals surface area (Å²) in [5.74, 6) is 1.77. The standard InChI is InChI=1S/C14H17N5O/c1-2-12(9-15-3-1)10-16-13-8-14(18-11-17-13)19-4-6-20-7-5-19/h1-3,8-9,11H,4-7,10H2,(H,16,17,18). The molecule has 1 N–H and O–H groups in total. The Kier molecular flexibility index (Phi) is 4.03. The first-order valence-corrected chi connectivity index (χ1v) is 6.69. The van der Waals surface area contributed by atoms with Crippen molar-refractivity contribution < 1.29 is 4.74 Å². The first-order chi connectivity index (χ1) is 9.92. The minimum absolute atomic E-state index is 0.702. The molecule has 0 aliphatic carbocycles. The summed E-state index contributed by atoms with van der Waals surface area (Å²) in [5.41, 5.74) is 1.12. The highest BCUT2D eigenvalue weighted by Crippen LogP contribution is 2.15. The lowest BCUT2D eigenvalue weighted by atomic mass is 10.3. The molecule has 1 aliphatic heterocycles. The molecule has 0 amide bonds. The minimum atomic E-state index is 0.702. The largest absolute Gasteiger partial charge is 0.378 e. The van der Waals surface area contributed by atoms with Crippen LogP contribution in [-0.2, 0) is 11.3 Å². The van der Waals surface area contributed by atoms with Crippen LogP contribution in [0.4, 0.5) is 11.6 Å². The molecule has 2 aromatic rings. The third kappa shape index (κ3) is 3.21. The lowest BCUT2D eigenvalue weighted by Crippen LogP contribution is -2.36. The van der Waals surface area contributed by atoms with Crippen molar-refractivity contribution in [1.29, 1.82) is 0 Å². The van der Waals surface area contributed by atoms with E-state index in [0.29, 0.717) is 6.54 Å². The summed E-state index contributed by atoms with van der Waals surface area (Å²) in [6, 6.07) is 5.93. The van der Waals surface area contributed by atoms with Gasteiger partial charge in [-0.05, 0) is 11.6 Å². The molecule has 0 radical (unpaired) electrons. The van der Waals surface area contributed by atoms with E-state index >= 15 is 0 Å². The molecule has 0 atom stereocenters. The molecule has 2 aromatic heterocycles. The predicted molar refractivity (Wildman–Crippen MR) is 76.6 cm³/mol. The van der Waals surface area contributed by atoms with Crippen LogP contribution < -0.4 is 10.2 Å². The van der Waals surface area contributed by atoms with E-state index in [2.05, 4.69) is 25.2 Å². The molecule has 6 nitrogen and oxygen atoms in total. The zero-order valence-corrected chi connectivity index (χ0v) is 11.2. The molecular weight excluding hydrogens is 254 g/mol. The summed E-state index contributed by atoms with van der Waals surface area (Å²) in [4.78, 5) is 14.9. The molecule has 6 heteroatoms. The Labute approximate surface area is 117 Å². The Morgan fingerprint density at radius 2 is 2.15 bits per heavy atom. The quantitative estimate of drug-likeness (QED) is 0.905. The molecule has 1 fully saturated rings. The summed E-state index contributed by atoms with van der Waals surface area (Å²) in [5, 5.41) is 3.29. The molecule has 0 saturated carbocycles. The molecule has 0 aromatic carbocycles. The van der Waals surface area contributed by atoms with Crippen molar-refractivity contribution in [2.45, 2.75) is 6.54 Å². The lowest BCUT2D eigenvalue weighted by Gasteiger charge is -2.27. The van der Waals surface area contributed by atoms with E-state index < -0.39 is 0 Å². The highest BCUT2D eigenvalue weighted by atomic mass is 16.5. The van der Waals surface area contributed by atoms with Crippen LogP contribution in [0, 0.1) is 0 Å². The second-order valence-electron chi connectivity index (χ2n) is 4.58. The van der Waals surface area contributed by atoms with Crippen LogP contribution >= 0.6 is 0 Å². The molecule has 1 aliphatic rings. The Morgan fingerprint density at radius 1 is 1.25 bits per heavy atom. The fourth-order valence-electron chi connectivity index (χ4n) is 2.10. The molecule has 3 heterocycles. The maximum absolute atomic E-state index is 5.35. The molecule has 104 valence electrons. The summed E-state index contributed by atoms with van der Waals surface area (Å²) in [7, 11) is 0. The Hall–Kier alpha value is -2.21. The zero-order chi connectivity index (χ0) is 13.6. The second kappa shape index (κ2) is 6.29. The fraction of sp³-hybridized carbons (Fsp3) is 0.357. The van der Waals surface area contributed by atoms with Crippen LogP contribution in [0.15, 0.2) is 36.9 Å². The van der Waals surface area contributed by atoms with Crippen molar-refractivity contribution in [3.05, 3.63) is 42.5 Å². The highest BCUT2D eigenvalue weighted by Gasteiger charge is 2.12.